The van der Waals surface area contributed by atoms with Crippen molar-refractivity contribution >= 4 is 32.7 Å². The average molecular weight is 426 g/mol. The third-order valence-corrected chi connectivity index (χ3v) is 7.64. The summed E-state index contributed by atoms with van der Waals surface area (Å²) in [7, 11) is -1.84. The van der Waals surface area contributed by atoms with Gasteiger partial charge in [0.25, 0.3) is 5.69 Å². The van der Waals surface area contributed by atoms with E-state index in [4.69, 9.17) is 0 Å². The molecule has 1 aromatic heterocycles. The Bertz CT molecular complexity index is 968. The first-order valence-corrected chi connectivity index (χ1v) is 11.1. The zero-order chi connectivity index (χ0) is 20.5. The number of benzene rings is 1. The van der Waals surface area contributed by atoms with Crippen LogP contribution in [0.3, 0.4) is 0 Å². The molecule has 2 aromatic rings. The van der Waals surface area contributed by atoms with Gasteiger partial charge in [0.1, 0.15) is 10.7 Å². The molecule has 1 aliphatic heterocycles. The van der Waals surface area contributed by atoms with Gasteiger partial charge >= 0.3 is 0 Å². The number of piperazine rings is 1. The Morgan fingerprint density at radius 3 is 2.54 bits per heavy atom. The lowest BCUT2D eigenvalue weighted by molar-refractivity contribution is -0.384. The SMILES string of the molecule is Cc1cnc(C(C)Nc2ccc(S(=O)(=O)N3CCN(C)CC3)cc2[N+](=O)[O-])s1. The molecule has 0 amide bonds. The van der Waals surface area contributed by atoms with E-state index in [-0.39, 0.29) is 22.3 Å². The second-order valence-corrected chi connectivity index (χ2v) is 10.0. The molecule has 1 aliphatic rings. The number of sulfonamides is 1. The Balaban J connectivity index is 1.87. The number of nitrogens with one attached hydrogen (secondary N) is 1. The highest BCUT2D eigenvalue weighted by molar-refractivity contribution is 7.89. The van der Waals surface area contributed by atoms with E-state index < -0.39 is 14.9 Å². The van der Waals surface area contributed by atoms with E-state index >= 15 is 0 Å². The lowest BCUT2D eigenvalue weighted by Crippen LogP contribution is -2.47. The van der Waals surface area contributed by atoms with Gasteiger partial charge in [0, 0.05) is 43.3 Å². The minimum atomic E-state index is -3.77. The van der Waals surface area contributed by atoms with Crippen LogP contribution in [0.25, 0.3) is 0 Å². The first-order valence-electron chi connectivity index (χ1n) is 8.84. The van der Waals surface area contributed by atoms with Gasteiger partial charge in [0.2, 0.25) is 10.0 Å². The Kier molecular flexibility index (Phi) is 5.98. The summed E-state index contributed by atoms with van der Waals surface area (Å²) in [6.45, 7) is 5.79. The van der Waals surface area contributed by atoms with Crippen molar-refractivity contribution in [2.45, 2.75) is 24.8 Å². The molecule has 1 atom stereocenters. The fourth-order valence-electron chi connectivity index (χ4n) is 2.99. The molecule has 3 rings (SSSR count). The van der Waals surface area contributed by atoms with E-state index in [1.54, 1.807) is 6.20 Å². The summed E-state index contributed by atoms with van der Waals surface area (Å²) in [4.78, 5) is 18.3. The molecule has 0 spiro atoms. The van der Waals surface area contributed by atoms with E-state index in [1.807, 2.05) is 25.8 Å². The van der Waals surface area contributed by atoms with Gasteiger partial charge < -0.3 is 10.2 Å². The van der Waals surface area contributed by atoms with Gasteiger partial charge in [-0.3, -0.25) is 10.1 Å². The first kappa shape index (κ1) is 20.6. The van der Waals surface area contributed by atoms with Gasteiger partial charge in [-0.2, -0.15) is 4.31 Å². The number of likely N-dealkylation sites (N-methyl/N-ethyl adjacent to an activating group) is 1. The van der Waals surface area contributed by atoms with Crippen LogP contribution in [0.5, 0.6) is 0 Å². The van der Waals surface area contributed by atoms with Gasteiger partial charge in [-0.05, 0) is 33.0 Å². The predicted molar refractivity (Wildman–Crippen MR) is 108 cm³/mol. The van der Waals surface area contributed by atoms with Gasteiger partial charge in [-0.1, -0.05) is 0 Å². The largest absolute Gasteiger partial charge is 0.371 e. The Morgan fingerprint density at radius 2 is 1.96 bits per heavy atom. The molecule has 1 fully saturated rings. The van der Waals surface area contributed by atoms with Crippen molar-refractivity contribution in [2.75, 3.05) is 38.5 Å². The van der Waals surface area contributed by atoms with Crippen molar-refractivity contribution in [3.8, 4) is 0 Å². The van der Waals surface area contributed by atoms with Crippen LogP contribution in [0, 0.1) is 17.0 Å². The molecule has 28 heavy (non-hydrogen) atoms. The monoisotopic (exact) mass is 425 g/mol. The van der Waals surface area contributed by atoms with Crippen LogP contribution in [0.2, 0.25) is 0 Å². The number of hydrogen-bond acceptors (Lipinski definition) is 8. The summed E-state index contributed by atoms with van der Waals surface area (Å²) in [5.41, 5.74) is -0.00184. The zero-order valence-corrected chi connectivity index (χ0v) is 17.6. The van der Waals surface area contributed by atoms with E-state index in [2.05, 4.69) is 10.3 Å². The minimum Gasteiger partial charge on any atom is -0.371 e. The summed E-state index contributed by atoms with van der Waals surface area (Å²) < 4.78 is 27.1. The first-order chi connectivity index (χ1) is 13.2. The summed E-state index contributed by atoms with van der Waals surface area (Å²) in [5, 5.41) is 15.5. The van der Waals surface area contributed by atoms with Crippen LogP contribution < -0.4 is 5.32 Å². The summed E-state index contributed by atoms with van der Waals surface area (Å²) in [5.74, 6) is 0. The molecular formula is C17H23N5O4S2. The van der Waals surface area contributed by atoms with E-state index in [0.29, 0.717) is 26.2 Å². The highest BCUT2D eigenvalue weighted by atomic mass is 32.2. The number of thiazole rings is 1. The second-order valence-electron chi connectivity index (χ2n) is 6.82. The molecular weight excluding hydrogens is 402 g/mol. The minimum absolute atomic E-state index is 0.0629. The quantitative estimate of drug-likeness (QED) is 0.559. The maximum atomic E-state index is 12.9. The van der Waals surface area contributed by atoms with E-state index in [1.165, 1.54) is 27.8 Å². The Labute approximate surface area is 168 Å². The molecule has 0 aliphatic carbocycles. The molecule has 0 radical (unpaired) electrons. The van der Waals surface area contributed by atoms with Crippen molar-refractivity contribution in [3.05, 3.63) is 44.4 Å². The molecule has 1 saturated heterocycles. The second kappa shape index (κ2) is 8.11. The molecule has 152 valence electrons. The lowest BCUT2D eigenvalue weighted by atomic mass is 10.2. The van der Waals surface area contributed by atoms with Crippen LogP contribution in [0.1, 0.15) is 22.9 Å². The molecule has 1 N–H and O–H groups in total. The summed E-state index contributed by atoms with van der Waals surface area (Å²) >= 11 is 1.51. The Morgan fingerprint density at radius 1 is 1.29 bits per heavy atom. The topological polar surface area (TPSA) is 109 Å². The van der Waals surface area contributed by atoms with Crippen LogP contribution in [-0.2, 0) is 10.0 Å². The molecule has 0 bridgehead atoms. The molecule has 0 saturated carbocycles. The number of aromatic nitrogens is 1. The fraction of sp³-hybridized carbons (Fsp3) is 0.471. The smallest absolute Gasteiger partial charge is 0.293 e. The van der Waals surface area contributed by atoms with Crippen LogP contribution in [0.4, 0.5) is 11.4 Å². The van der Waals surface area contributed by atoms with Crippen molar-refractivity contribution < 1.29 is 13.3 Å². The number of anilines is 1. The standard InChI is InChI=1S/C17H23N5O4S2/c1-12-11-18-17(27-12)13(2)19-15-5-4-14(10-16(15)22(23)24)28(25,26)21-8-6-20(3)7-9-21/h4-5,10-11,13,19H,6-9H2,1-3H3. The van der Waals surface area contributed by atoms with Crippen LogP contribution >= 0.6 is 11.3 Å². The third-order valence-electron chi connectivity index (χ3n) is 4.65. The zero-order valence-electron chi connectivity index (χ0n) is 16.0. The molecule has 1 aromatic carbocycles. The average Bonchev–Trinajstić information content (AvgIpc) is 3.08. The number of nitro benzene ring substituents is 1. The highest BCUT2D eigenvalue weighted by Gasteiger charge is 2.30. The third kappa shape index (κ3) is 4.32. The number of nitro groups is 1. The molecule has 2 heterocycles. The molecule has 9 nitrogen and oxygen atoms in total. The fourth-order valence-corrected chi connectivity index (χ4v) is 5.21. The van der Waals surface area contributed by atoms with Gasteiger partial charge in [0.05, 0.1) is 15.9 Å². The normalized spacial score (nSPS) is 17.4. The van der Waals surface area contributed by atoms with Gasteiger partial charge in [-0.25, -0.2) is 13.4 Å². The van der Waals surface area contributed by atoms with Crippen LogP contribution in [0.15, 0.2) is 29.3 Å². The number of nitrogens with zero attached hydrogens (tertiary/aromatic N) is 4. The van der Waals surface area contributed by atoms with E-state index in [0.717, 1.165) is 16.0 Å². The molecule has 11 heteroatoms. The van der Waals surface area contributed by atoms with Gasteiger partial charge in [-0.15, -0.1) is 11.3 Å². The number of aryl methyl sites for hydroxylation is 1. The number of rotatable bonds is 6. The summed E-state index contributed by atoms with van der Waals surface area (Å²) in [6, 6.07) is 3.77. The van der Waals surface area contributed by atoms with Crippen molar-refractivity contribution in [1.29, 1.82) is 0 Å². The molecule has 1 unspecified atom stereocenters. The predicted octanol–water partition coefficient (Wildman–Crippen LogP) is 2.47. The maximum absolute atomic E-state index is 12.9. The Hall–Kier alpha value is -2.08. The van der Waals surface area contributed by atoms with Gasteiger partial charge in [0.15, 0.2) is 0 Å². The van der Waals surface area contributed by atoms with Crippen molar-refractivity contribution in [3.63, 3.8) is 0 Å². The summed E-state index contributed by atoms with van der Waals surface area (Å²) in [6.07, 6.45) is 1.75. The maximum Gasteiger partial charge on any atom is 0.293 e. The van der Waals surface area contributed by atoms with Crippen molar-refractivity contribution in [2.24, 2.45) is 0 Å². The lowest BCUT2D eigenvalue weighted by Gasteiger charge is -2.31. The van der Waals surface area contributed by atoms with E-state index in [9.17, 15) is 18.5 Å². The highest BCUT2D eigenvalue weighted by Crippen LogP contribution is 2.32. The number of hydrogen-bond donors (Lipinski definition) is 1. The van der Waals surface area contributed by atoms with Crippen LogP contribution in [-0.4, -0.2) is 60.8 Å². The van der Waals surface area contributed by atoms with Crippen molar-refractivity contribution in [1.82, 2.24) is 14.2 Å².